The minimum Gasteiger partial charge on any atom is -0.384 e. The number of pyridine rings is 4. The van der Waals surface area contributed by atoms with Crippen LogP contribution in [0.1, 0.15) is 185 Å². The van der Waals surface area contributed by atoms with Gasteiger partial charge in [0.05, 0.1) is 17.6 Å². The number of halogens is 5. The SMILES string of the molecule is CC(C)(O)c1cc([C@@H]2[C@@H](c3ccccc3)[C@@]2(F)C(=O)NO)ccn1.Cc1ccccc1[C@@H]1[C@@H](c2ccnc(C(C)(C)O)c2)[C@]1(F)C(=O)NO.O=C(NO)[C@@]1(F)[C@H](c2ccccc2)[C@H]1c1ccnc(C2CC2)c1.O=C(NO)[C@]1(F)[C@H](c2ccccc2)[C@H]1c1cc(C2CC2)ncc1F. The molecule has 0 bridgehead atoms. The Labute approximate surface area is 550 Å². The van der Waals surface area contributed by atoms with Crippen LogP contribution in [0.15, 0.2) is 183 Å². The Hall–Kier alpha value is -9.23. The number of rotatable bonds is 16. The zero-order valence-corrected chi connectivity index (χ0v) is 52.9. The number of aliphatic hydroxyl groups is 2. The molecule has 4 aromatic heterocycles. The summed E-state index contributed by atoms with van der Waals surface area (Å²) in [5, 5.41) is 56.1. The summed E-state index contributed by atoms with van der Waals surface area (Å²) in [4.78, 5) is 64.5. The fraction of sp³-hybridized carbons (Fsp3) is 0.342. The highest BCUT2D eigenvalue weighted by atomic mass is 19.2. The zero-order chi connectivity index (χ0) is 68.9. The van der Waals surface area contributed by atoms with Gasteiger partial charge in [-0.2, -0.15) is 0 Å². The van der Waals surface area contributed by atoms with Gasteiger partial charge in [0.2, 0.25) is 22.7 Å². The van der Waals surface area contributed by atoms with E-state index in [1.165, 1.54) is 34.3 Å². The minimum atomic E-state index is -2.38. The lowest BCUT2D eigenvalue weighted by Gasteiger charge is -2.17. The second kappa shape index (κ2) is 26.4. The van der Waals surface area contributed by atoms with Crippen molar-refractivity contribution in [3.05, 3.63) is 261 Å². The van der Waals surface area contributed by atoms with Gasteiger partial charge in [-0.1, -0.05) is 115 Å². The van der Waals surface area contributed by atoms with Gasteiger partial charge in [-0.05, 0) is 153 Å². The van der Waals surface area contributed by atoms with Crippen LogP contribution in [0.5, 0.6) is 0 Å². The Bertz CT molecular complexity index is 4190. The van der Waals surface area contributed by atoms with Crippen molar-refractivity contribution < 1.29 is 72.2 Å². The highest BCUT2D eigenvalue weighted by molar-refractivity contribution is 5.94. The predicted molar refractivity (Wildman–Crippen MR) is 339 cm³/mol. The van der Waals surface area contributed by atoms with Crippen molar-refractivity contribution in [3.8, 4) is 0 Å². The molecule has 23 heteroatoms. The highest BCUT2D eigenvalue weighted by Gasteiger charge is 2.75. The molecular formula is C73H73F5N8O10. The Morgan fingerprint density at radius 2 is 0.719 bits per heavy atom. The van der Waals surface area contributed by atoms with Crippen molar-refractivity contribution in [1.29, 1.82) is 0 Å². The first-order chi connectivity index (χ1) is 45.7. The number of aryl methyl sites for hydroxylation is 1. The van der Waals surface area contributed by atoms with Crippen LogP contribution in [0.2, 0.25) is 0 Å². The number of benzene rings is 4. The molecule has 4 heterocycles. The van der Waals surface area contributed by atoms with E-state index in [9.17, 15) is 33.8 Å². The second-order valence-electron chi connectivity index (χ2n) is 26.5. The summed E-state index contributed by atoms with van der Waals surface area (Å²) in [5.74, 6) is -10.1. The molecule has 12 atom stereocenters. The number of carbonyl (C=O) groups is 4. The number of alkyl halides is 4. The quantitative estimate of drug-likeness (QED) is 0.0245. The van der Waals surface area contributed by atoms with Crippen molar-refractivity contribution in [2.45, 2.75) is 153 Å². The van der Waals surface area contributed by atoms with E-state index in [2.05, 4.69) is 19.9 Å². The summed E-state index contributed by atoms with van der Waals surface area (Å²) in [5.41, 5.74) is 2.55. The predicted octanol–water partition coefficient (Wildman–Crippen LogP) is 11.4. The molecule has 96 heavy (non-hydrogen) atoms. The van der Waals surface area contributed by atoms with Gasteiger partial charge < -0.3 is 10.2 Å². The van der Waals surface area contributed by atoms with E-state index < -0.39 is 111 Å². The van der Waals surface area contributed by atoms with Gasteiger partial charge in [-0.25, -0.2) is 43.9 Å². The third-order valence-electron chi connectivity index (χ3n) is 19.3. The molecule has 0 saturated heterocycles. The average molecular weight is 1320 g/mol. The van der Waals surface area contributed by atoms with Gasteiger partial charge in [-0.3, -0.25) is 59.9 Å². The highest BCUT2D eigenvalue weighted by Crippen LogP contribution is 2.70. The molecule has 10 N–H and O–H groups in total. The van der Waals surface area contributed by atoms with Crippen molar-refractivity contribution in [2.75, 3.05) is 0 Å². The second-order valence-corrected chi connectivity index (χ2v) is 26.5. The largest absolute Gasteiger partial charge is 0.384 e. The maximum absolute atomic E-state index is 15.5. The number of nitrogens with one attached hydrogen (secondary N) is 4. The molecule has 0 unspecified atom stereocenters. The molecule has 0 aliphatic heterocycles. The Morgan fingerprint density at radius 3 is 1.09 bits per heavy atom. The average Bonchev–Trinajstić information content (AvgIpc) is 1.56. The molecular weight excluding hydrogens is 1240 g/mol. The van der Waals surface area contributed by atoms with Crippen LogP contribution >= 0.6 is 0 Å². The van der Waals surface area contributed by atoms with Gasteiger partial charge in [0.15, 0.2) is 0 Å². The molecule has 500 valence electrons. The molecule has 18 nitrogen and oxygen atoms in total. The minimum absolute atomic E-state index is 0.145. The summed E-state index contributed by atoms with van der Waals surface area (Å²) in [6.45, 7) is 8.21. The molecule has 6 fully saturated rings. The van der Waals surface area contributed by atoms with Gasteiger partial charge in [0.1, 0.15) is 17.0 Å². The Balaban J connectivity index is 0.000000130. The topological polar surface area (TPSA) is 289 Å². The van der Waals surface area contributed by atoms with Crippen molar-refractivity contribution in [1.82, 2.24) is 41.9 Å². The lowest BCUT2D eigenvalue weighted by atomic mass is 9.98. The molecule has 8 aromatic rings. The van der Waals surface area contributed by atoms with E-state index in [4.69, 9.17) is 20.8 Å². The van der Waals surface area contributed by atoms with E-state index in [1.807, 2.05) is 61.5 Å². The molecule has 0 radical (unpaired) electrons. The van der Waals surface area contributed by atoms with E-state index in [0.29, 0.717) is 45.5 Å². The standard InChI is InChI=1S/C19H21FN2O3.C18H16F2N2O2.C18H19FN2O3.C18H17FN2O2/c1-11-6-4-5-7-13(11)16-15(19(16,20)17(23)22-25)12-8-9-21-14(10-12)18(2,3)24;19-13-9-21-14(10-6-7-10)8-12(13)16-15(11-4-2-1-3-5-11)18(16,20)17(23)22-24;1-17(2,23)13-10-12(8-9-20-13)15-14(11-6-4-3-5-7-11)18(15,19)16(22)21-24;19-18(17(22)21-23)15(12-4-2-1-3-5-12)16(18)13-8-9-20-14(10-13)11-6-7-11/h4-10,15-16,24-25H,1-3H3,(H,22,23);1-5,8-10,15-16,24H,6-7H2,(H,22,23);3-10,14-15,23-24H,1-2H3,(H,21,22);1-5,8-11,15-16,23H,6-7H2,(H,21,22)/t15-,16-,19-;15-,16-,18+;14-,15-,18+;15-,16-,18-/m1111/s1. The summed E-state index contributed by atoms with van der Waals surface area (Å²) in [7, 11) is 0. The van der Waals surface area contributed by atoms with Crippen LogP contribution in [-0.2, 0) is 30.4 Å². The molecule has 6 aliphatic carbocycles. The summed E-state index contributed by atoms with van der Waals surface area (Å²) >= 11 is 0. The molecule has 4 amide bonds. The maximum Gasteiger partial charge on any atom is 0.282 e. The first kappa shape index (κ1) is 68.2. The van der Waals surface area contributed by atoms with Crippen LogP contribution in [0, 0.1) is 12.7 Å². The number of carbonyl (C=O) groups excluding carboxylic acids is 4. The summed E-state index contributed by atoms with van der Waals surface area (Å²) < 4.78 is 75.9. The first-order valence-electron chi connectivity index (χ1n) is 31.5. The monoisotopic (exact) mass is 1320 g/mol. The number of nitrogens with zero attached hydrogens (tertiary/aromatic N) is 4. The van der Waals surface area contributed by atoms with E-state index >= 15 is 17.6 Å². The van der Waals surface area contributed by atoms with Crippen molar-refractivity contribution in [3.63, 3.8) is 0 Å². The molecule has 0 spiro atoms. The van der Waals surface area contributed by atoms with Crippen molar-refractivity contribution in [2.24, 2.45) is 0 Å². The van der Waals surface area contributed by atoms with Crippen molar-refractivity contribution >= 4 is 23.6 Å². The van der Waals surface area contributed by atoms with Crippen LogP contribution in [-0.4, -0.2) is 97.3 Å². The van der Waals surface area contributed by atoms with Gasteiger partial charge >= 0.3 is 0 Å². The Morgan fingerprint density at radius 1 is 0.406 bits per heavy atom. The smallest absolute Gasteiger partial charge is 0.282 e. The lowest BCUT2D eigenvalue weighted by molar-refractivity contribution is -0.136. The number of amides is 4. The number of hydroxylamine groups is 4. The fourth-order valence-corrected chi connectivity index (χ4v) is 13.8. The number of aromatic nitrogens is 4. The molecule has 14 rings (SSSR count). The van der Waals surface area contributed by atoms with Gasteiger partial charge in [0.25, 0.3) is 23.6 Å². The first-order valence-corrected chi connectivity index (χ1v) is 31.5. The lowest BCUT2D eigenvalue weighted by Crippen LogP contribution is -2.33. The van der Waals surface area contributed by atoms with Crippen LogP contribution < -0.4 is 21.9 Å². The zero-order valence-electron chi connectivity index (χ0n) is 52.9. The van der Waals surface area contributed by atoms with E-state index in [1.54, 1.807) is 137 Å². The van der Waals surface area contributed by atoms with E-state index in [-0.39, 0.29) is 5.56 Å². The molecule has 6 aliphatic rings. The maximum atomic E-state index is 15.5. The fourth-order valence-electron chi connectivity index (χ4n) is 13.8. The number of hydrogen-bond acceptors (Lipinski definition) is 14. The van der Waals surface area contributed by atoms with Crippen LogP contribution in [0.4, 0.5) is 22.0 Å². The normalized spacial score (nSPS) is 27.2. The van der Waals surface area contributed by atoms with Gasteiger partial charge in [-0.15, -0.1) is 0 Å². The summed E-state index contributed by atoms with van der Waals surface area (Å²) in [6.07, 6.45) is 9.96. The van der Waals surface area contributed by atoms with Gasteiger partial charge in [0, 0.05) is 89.2 Å². The summed E-state index contributed by atoms with van der Waals surface area (Å²) in [6, 6.07) is 45.6. The molecule has 6 saturated carbocycles. The third-order valence-corrected chi connectivity index (χ3v) is 19.3. The van der Waals surface area contributed by atoms with Crippen LogP contribution in [0.3, 0.4) is 0 Å². The van der Waals surface area contributed by atoms with E-state index in [0.717, 1.165) is 65.5 Å². The number of hydrogen-bond donors (Lipinski definition) is 10. The van der Waals surface area contributed by atoms with Crippen LogP contribution in [0.25, 0.3) is 0 Å². The third kappa shape index (κ3) is 12.9. The molecule has 4 aromatic carbocycles. The Kier molecular flexibility index (Phi) is 18.8.